The van der Waals surface area contributed by atoms with Crippen LogP contribution in [0.25, 0.3) is 0 Å². The molecule has 0 saturated heterocycles. The highest BCUT2D eigenvalue weighted by atomic mass is 32.1. The van der Waals surface area contributed by atoms with Crippen LogP contribution in [-0.2, 0) is 0 Å². The highest BCUT2D eigenvalue weighted by Crippen LogP contribution is 2.20. The summed E-state index contributed by atoms with van der Waals surface area (Å²) < 4.78 is 12.9. The van der Waals surface area contributed by atoms with E-state index in [0.717, 1.165) is 18.2 Å². The topological polar surface area (TPSA) is 62.2 Å². The number of anilines is 1. The Kier molecular flexibility index (Phi) is 2.82. The molecule has 16 heavy (non-hydrogen) atoms. The Morgan fingerprint density at radius 2 is 2.31 bits per heavy atom. The van der Waals surface area contributed by atoms with Crippen molar-refractivity contribution in [2.24, 2.45) is 0 Å². The van der Waals surface area contributed by atoms with E-state index in [-0.39, 0.29) is 11.3 Å². The molecule has 2 aromatic rings. The SMILES string of the molecule is O=C(Nc1cncs1)c1cc(F)ccc1O. The van der Waals surface area contributed by atoms with Crippen molar-refractivity contribution >= 4 is 22.2 Å². The molecule has 0 atom stereocenters. The molecule has 4 nitrogen and oxygen atoms in total. The van der Waals surface area contributed by atoms with E-state index in [2.05, 4.69) is 10.3 Å². The number of carbonyl (C=O) groups excluding carboxylic acids is 1. The van der Waals surface area contributed by atoms with E-state index in [1.54, 1.807) is 5.51 Å². The van der Waals surface area contributed by atoms with Crippen molar-refractivity contribution < 1.29 is 14.3 Å². The minimum absolute atomic E-state index is 0.103. The van der Waals surface area contributed by atoms with E-state index in [1.165, 1.54) is 17.5 Å². The lowest BCUT2D eigenvalue weighted by Crippen LogP contribution is -2.11. The summed E-state index contributed by atoms with van der Waals surface area (Å²) in [5.41, 5.74) is 1.45. The number of halogens is 1. The fraction of sp³-hybridized carbons (Fsp3) is 0. The number of nitrogens with one attached hydrogen (secondary N) is 1. The number of amides is 1. The van der Waals surface area contributed by atoms with Gasteiger partial charge in [0.25, 0.3) is 5.91 Å². The molecule has 0 bridgehead atoms. The molecule has 6 heteroatoms. The monoisotopic (exact) mass is 238 g/mol. The Morgan fingerprint density at radius 1 is 1.50 bits per heavy atom. The minimum Gasteiger partial charge on any atom is -0.507 e. The van der Waals surface area contributed by atoms with E-state index in [1.807, 2.05) is 0 Å². The summed E-state index contributed by atoms with van der Waals surface area (Å²) in [4.78, 5) is 15.4. The summed E-state index contributed by atoms with van der Waals surface area (Å²) in [6.45, 7) is 0. The number of carbonyl (C=O) groups is 1. The van der Waals surface area contributed by atoms with E-state index < -0.39 is 11.7 Å². The van der Waals surface area contributed by atoms with Crippen LogP contribution >= 0.6 is 11.3 Å². The van der Waals surface area contributed by atoms with Gasteiger partial charge in [0.1, 0.15) is 16.6 Å². The summed E-state index contributed by atoms with van der Waals surface area (Å²) in [6.07, 6.45) is 1.47. The quantitative estimate of drug-likeness (QED) is 0.843. The lowest BCUT2D eigenvalue weighted by atomic mass is 10.2. The number of nitrogens with zero attached hydrogens (tertiary/aromatic N) is 1. The predicted octanol–water partition coefficient (Wildman–Crippen LogP) is 2.24. The standard InChI is InChI=1S/C10H7FN2O2S/c11-6-1-2-8(14)7(3-6)10(15)13-9-4-12-5-16-9/h1-5,14H,(H,13,15). The zero-order valence-corrected chi connectivity index (χ0v) is 8.79. The van der Waals surface area contributed by atoms with Crippen molar-refractivity contribution in [1.82, 2.24) is 4.98 Å². The number of aromatic hydroxyl groups is 1. The molecule has 0 spiro atoms. The van der Waals surface area contributed by atoms with E-state index in [9.17, 15) is 14.3 Å². The Balaban J connectivity index is 2.24. The molecular formula is C10H7FN2O2S. The highest BCUT2D eigenvalue weighted by Gasteiger charge is 2.12. The smallest absolute Gasteiger partial charge is 0.260 e. The zero-order chi connectivity index (χ0) is 11.5. The number of phenolic OH excluding ortho intramolecular Hbond substituents is 1. The second-order valence-corrected chi connectivity index (χ2v) is 3.87. The van der Waals surface area contributed by atoms with Gasteiger partial charge in [0.15, 0.2) is 0 Å². The number of hydrogen-bond acceptors (Lipinski definition) is 4. The molecule has 1 aromatic heterocycles. The van der Waals surface area contributed by atoms with Crippen molar-refractivity contribution in [3.05, 3.63) is 41.3 Å². The highest BCUT2D eigenvalue weighted by molar-refractivity contribution is 7.14. The maximum absolute atomic E-state index is 12.9. The molecule has 0 aliphatic rings. The Bertz CT molecular complexity index is 514. The molecule has 0 aliphatic heterocycles. The van der Waals surface area contributed by atoms with Gasteiger partial charge in [-0.05, 0) is 18.2 Å². The van der Waals surface area contributed by atoms with Gasteiger partial charge in [0.05, 0.1) is 17.3 Å². The van der Waals surface area contributed by atoms with Crippen LogP contribution in [0.4, 0.5) is 9.39 Å². The van der Waals surface area contributed by atoms with E-state index >= 15 is 0 Å². The molecular weight excluding hydrogens is 231 g/mol. The van der Waals surface area contributed by atoms with Gasteiger partial charge in [-0.15, -0.1) is 11.3 Å². The van der Waals surface area contributed by atoms with Crippen LogP contribution < -0.4 is 5.32 Å². The van der Waals surface area contributed by atoms with Crippen LogP contribution in [0.2, 0.25) is 0 Å². The lowest BCUT2D eigenvalue weighted by molar-refractivity contribution is 0.102. The molecule has 0 aliphatic carbocycles. The van der Waals surface area contributed by atoms with Crippen LogP contribution in [0.5, 0.6) is 5.75 Å². The van der Waals surface area contributed by atoms with Crippen LogP contribution in [0, 0.1) is 5.82 Å². The van der Waals surface area contributed by atoms with Crippen molar-refractivity contribution in [3.63, 3.8) is 0 Å². The second-order valence-electron chi connectivity index (χ2n) is 2.98. The van der Waals surface area contributed by atoms with Gasteiger partial charge in [-0.3, -0.25) is 9.78 Å². The molecule has 2 rings (SSSR count). The number of benzene rings is 1. The van der Waals surface area contributed by atoms with Gasteiger partial charge in [0, 0.05) is 0 Å². The maximum atomic E-state index is 12.9. The average molecular weight is 238 g/mol. The Labute approximate surface area is 94.4 Å². The molecule has 2 N–H and O–H groups in total. The van der Waals surface area contributed by atoms with Crippen LogP contribution in [0.1, 0.15) is 10.4 Å². The summed E-state index contributed by atoms with van der Waals surface area (Å²) in [6, 6.07) is 3.20. The number of aromatic nitrogens is 1. The van der Waals surface area contributed by atoms with Crippen molar-refractivity contribution in [2.45, 2.75) is 0 Å². The molecule has 0 fully saturated rings. The summed E-state index contributed by atoms with van der Waals surface area (Å²) in [7, 11) is 0. The molecule has 1 heterocycles. The zero-order valence-electron chi connectivity index (χ0n) is 7.98. The maximum Gasteiger partial charge on any atom is 0.260 e. The third-order valence-electron chi connectivity index (χ3n) is 1.87. The van der Waals surface area contributed by atoms with Crippen LogP contribution in [-0.4, -0.2) is 16.0 Å². The molecule has 0 saturated carbocycles. The molecule has 0 unspecified atom stereocenters. The van der Waals surface area contributed by atoms with Crippen LogP contribution in [0.3, 0.4) is 0 Å². The molecule has 1 aromatic carbocycles. The molecule has 0 radical (unpaired) electrons. The van der Waals surface area contributed by atoms with Crippen molar-refractivity contribution in [1.29, 1.82) is 0 Å². The summed E-state index contributed by atoms with van der Waals surface area (Å²) >= 11 is 1.24. The third kappa shape index (κ3) is 2.17. The molecule has 1 amide bonds. The summed E-state index contributed by atoms with van der Waals surface area (Å²) in [5.74, 6) is -1.41. The average Bonchev–Trinajstić information content (AvgIpc) is 2.74. The Hall–Kier alpha value is -1.95. The Morgan fingerprint density at radius 3 is 3.00 bits per heavy atom. The van der Waals surface area contributed by atoms with Gasteiger partial charge >= 0.3 is 0 Å². The first-order valence-electron chi connectivity index (χ1n) is 4.35. The lowest BCUT2D eigenvalue weighted by Gasteiger charge is -2.04. The van der Waals surface area contributed by atoms with E-state index in [4.69, 9.17) is 0 Å². The van der Waals surface area contributed by atoms with Gasteiger partial charge < -0.3 is 10.4 Å². The van der Waals surface area contributed by atoms with Gasteiger partial charge in [0.2, 0.25) is 0 Å². The van der Waals surface area contributed by atoms with Gasteiger partial charge in [-0.25, -0.2) is 4.39 Å². The second kappa shape index (κ2) is 4.28. The van der Waals surface area contributed by atoms with Crippen molar-refractivity contribution in [3.8, 4) is 5.75 Å². The van der Waals surface area contributed by atoms with Gasteiger partial charge in [-0.1, -0.05) is 0 Å². The first-order valence-corrected chi connectivity index (χ1v) is 5.23. The number of thiazole rings is 1. The van der Waals surface area contributed by atoms with E-state index in [0.29, 0.717) is 5.00 Å². The number of hydrogen-bond donors (Lipinski definition) is 2. The molecule has 82 valence electrons. The number of phenols is 1. The largest absolute Gasteiger partial charge is 0.507 e. The normalized spacial score (nSPS) is 10.1. The minimum atomic E-state index is -0.577. The first-order chi connectivity index (χ1) is 7.66. The third-order valence-corrected chi connectivity index (χ3v) is 2.56. The number of rotatable bonds is 2. The summed E-state index contributed by atoms with van der Waals surface area (Å²) in [5, 5.41) is 12.4. The predicted molar refractivity (Wildman–Crippen MR) is 58.1 cm³/mol. The van der Waals surface area contributed by atoms with Crippen LogP contribution in [0.15, 0.2) is 29.9 Å². The fourth-order valence-electron chi connectivity index (χ4n) is 1.15. The first kappa shape index (κ1) is 10.6. The fourth-order valence-corrected chi connectivity index (χ4v) is 1.66. The van der Waals surface area contributed by atoms with Gasteiger partial charge in [-0.2, -0.15) is 0 Å². The van der Waals surface area contributed by atoms with Crippen molar-refractivity contribution in [2.75, 3.05) is 5.32 Å².